The number of carbonyl (C=O) groups excluding carboxylic acids is 1. The number of methoxy groups -OCH3 is 1. The molecule has 0 bridgehead atoms. The highest BCUT2D eigenvalue weighted by molar-refractivity contribution is 5.78. The van der Waals surface area contributed by atoms with Crippen molar-refractivity contribution in [2.45, 2.75) is 25.0 Å². The van der Waals surface area contributed by atoms with E-state index in [1.165, 1.54) is 7.11 Å². The maximum atomic E-state index is 11.9. The predicted molar refractivity (Wildman–Crippen MR) is 76.2 cm³/mol. The monoisotopic (exact) mass is 295 g/mol. The third-order valence-corrected chi connectivity index (χ3v) is 3.68. The lowest BCUT2D eigenvalue weighted by Gasteiger charge is -2.14. The summed E-state index contributed by atoms with van der Waals surface area (Å²) in [5.74, 6) is 0.666. The second kappa shape index (κ2) is 7.28. The zero-order valence-electron chi connectivity index (χ0n) is 12.0. The standard InChI is InChI=1S/C15H21NO5/c1-20-13-4-2-3-5-14(13)21-9-15(19)16-11-6-10(8-17)12(18)7-11/h2-5,10-12,17-18H,6-9H2,1H3,(H,16,19)/t10-,11+,12+/m0/s1. The lowest BCUT2D eigenvalue weighted by Crippen LogP contribution is -2.36. The molecular weight excluding hydrogens is 274 g/mol. The Bertz CT molecular complexity index is 479. The van der Waals surface area contributed by atoms with Crippen molar-refractivity contribution in [1.29, 1.82) is 0 Å². The summed E-state index contributed by atoms with van der Waals surface area (Å²) in [6.07, 6.45) is 0.486. The molecule has 1 aliphatic carbocycles. The zero-order valence-corrected chi connectivity index (χ0v) is 12.0. The smallest absolute Gasteiger partial charge is 0.258 e. The fraction of sp³-hybridized carbons (Fsp3) is 0.533. The fourth-order valence-electron chi connectivity index (χ4n) is 2.57. The normalized spacial score (nSPS) is 24.6. The van der Waals surface area contributed by atoms with Crippen LogP contribution in [0.2, 0.25) is 0 Å². The lowest BCUT2D eigenvalue weighted by atomic mass is 10.1. The minimum absolute atomic E-state index is 0.0642. The van der Waals surface area contributed by atoms with Crippen molar-refractivity contribution in [3.8, 4) is 11.5 Å². The Morgan fingerprint density at radius 1 is 1.33 bits per heavy atom. The second-order valence-electron chi connectivity index (χ2n) is 5.19. The molecule has 0 radical (unpaired) electrons. The summed E-state index contributed by atoms with van der Waals surface area (Å²) in [4.78, 5) is 11.9. The summed E-state index contributed by atoms with van der Waals surface area (Å²) in [6.45, 7) is -0.179. The molecule has 2 rings (SSSR count). The minimum Gasteiger partial charge on any atom is -0.493 e. The highest BCUT2D eigenvalue weighted by Gasteiger charge is 2.33. The van der Waals surface area contributed by atoms with Gasteiger partial charge in [-0.15, -0.1) is 0 Å². The first-order chi connectivity index (χ1) is 10.1. The van der Waals surface area contributed by atoms with E-state index in [4.69, 9.17) is 14.6 Å². The second-order valence-corrected chi connectivity index (χ2v) is 5.19. The van der Waals surface area contributed by atoms with E-state index in [-0.39, 0.29) is 31.1 Å². The van der Waals surface area contributed by atoms with E-state index in [1.54, 1.807) is 18.2 Å². The van der Waals surface area contributed by atoms with Gasteiger partial charge in [-0.2, -0.15) is 0 Å². The number of carbonyl (C=O) groups is 1. The highest BCUT2D eigenvalue weighted by atomic mass is 16.5. The number of aliphatic hydroxyl groups excluding tert-OH is 2. The molecule has 3 N–H and O–H groups in total. The van der Waals surface area contributed by atoms with Gasteiger partial charge in [0.05, 0.1) is 13.2 Å². The average Bonchev–Trinajstić information content (AvgIpc) is 2.85. The third-order valence-electron chi connectivity index (χ3n) is 3.68. The molecule has 116 valence electrons. The van der Waals surface area contributed by atoms with E-state index in [2.05, 4.69) is 5.32 Å². The highest BCUT2D eigenvalue weighted by Crippen LogP contribution is 2.27. The Morgan fingerprint density at radius 2 is 2.05 bits per heavy atom. The van der Waals surface area contributed by atoms with E-state index in [0.717, 1.165) is 0 Å². The summed E-state index contributed by atoms with van der Waals surface area (Å²) in [5, 5.41) is 21.6. The SMILES string of the molecule is COc1ccccc1OCC(=O)N[C@@H]1C[C@@H](CO)[C@H](O)C1. The number of nitrogens with one attached hydrogen (secondary N) is 1. The van der Waals surface area contributed by atoms with Crippen LogP contribution < -0.4 is 14.8 Å². The van der Waals surface area contributed by atoms with Crippen LogP contribution in [0.4, 0.5) is 0 Å². The van der Waals surface area contributed by atoms with Crippen molar-refractivity contribution in [2.24, 2.45) is 5.92 Å². The topological polar surface area (TPSA) is 88.0 Å². The number of para-hydroxylation sites is 2. The summed E-state index contributed by atoms with van der Waals surface area (Å²) >= 11 is 0. The summed E-state index contributed by atoms with van der Waals surface area (Å²) in [6, 6.07) is 6.99. The van der Waals surface area contributed by atoms with Crippen LogP contribution in [-0.4, -0.2) is 48.6 Å². The van der Waals surface area contributed by atoms with Gasteiger partial charge < -0.3 is 25.0 Å². The summed E-state index contributed by atoms with van der Waals surface area (Å²) < 4.78 is 10.6. The fourth-order valence-corrected chi connectivity index (χ4v) is 2.57. The van der Waals surface area contributed by atoms with Crippen LogP contribution in [0.25, 0.3) is 0 Å². The number of aliphatic hydroxyl groups is 2. The van der Waals surface area contributed by atoms with Crippen LogP contribution in [0.3, 0.4) is 0 Å². The van der Waals surface area contributed by atoms with Gasteiger partial charge >= 0.3 is 0 Å². The molecule has 1 saturated carbocycles. The first kappa shape index (κ1) is 15.6. The first-order valence-electron chi connectivity index (χ1n) is 6.98. The summed E-state index contributed by atoms with van der Waals surface area (Å²) in [5.41, 5.74) is 0. The quantitative estimate of drug-likeness (QED) is 0.703. The molecule has 3 atom stereocenters. The molecule has 6 nitrogen and oxygen atoms in total. The van der Waals surface area contributed by atoms with Gasteiger partial charge in [0.15, 0.2) is 18.1 Å². The van der Waals surface area contributed by atoms with Crippen molar-refractivity contribution in [2.75, 3.05) is 20.3 Å². The number of amides is 1. The molecule has 6 heteroatoms. The first-order valence-corrected chi connectivity index (χ1v) is 6.98. The molecule has 0 aromatic heterocycles. The molecule has 0 unspecified atom stereocenters. The van der Waals surface area contributed by atoms with Crippen LogP contribution in [-0.2, 0) is 4.79 Å². The number of ether oxygens (including phenoxy) is 2. The van der Waals surface area contributed by atoms with Crippen LogP contribution >= 0.6 is 0 Å². The Labute approximate surface area is 123 Å². The third kappa shape index (κ3) is 4.09. The molecule has 0 heterocycles. The van der Waals surface area contributed by atoms with Gasteiger partial charge in [-0.25, -0.2) is 0 Å². The van der Waals surface area contributed by atoms with Crippen molar-refractivity contribution >= 4 is 5.91 Å². The largest absolute Gasteiger partial charge is 0.493 e. The minimum atomic E-state index is -0.560. The average molecular weight is 295 g/mol. The Morgan fingerprint density at radius 3 is 2.67 bits per heavy atom. The van der Waals surface area contributed by atoms with Crippen molar-refractivity contribution < 1.29 is 24.5 Å². The number of hydrogen-bond acceptors (Lipinski definition) is 5. The maximum Gasteiger partial charge on any atom is 0.258 e. The molecule has 1 aromatic rings. The molecule has 0 aliphatic heterocycles. The molecular formula is C15H21NO5. The van der Waals surface area contributed by atoms with Gasteiger partial charge in [0.1, 0.15) is 0 Å². The lowest BCUT2D eigenvalue weighted by molar-refractivity contribution is -0.123. The molecule has 1 fully saturated rings. The molecule has 1 amide bonds. The Balaban J connectivity index is 1.80. The van der Waals surface area contributed by atoms with E-state index in [9.17, 15) is 9.90 Å². The molecule has 1 aliphatic rings. The van der Waals surface area contributed by atoms with E-state index >= 15 is 0 Å². The van der Waals surface area contributed by atoms with Crippen LogP contribution in [0.5, 0.6) is 11.5 Å². The van der Waals surface area contributed by atoms with Crippen molar-refractivity contribution in [3.63, 3.8) is 0 Å². The van der Waals surface area contributed by atoms with E-state index in [0.29, 0.717) is 24.3 Å². The van der Waals surface area contributed by atoms with E-state index in [1.807, 2.05) is 6.07 Å². The van der Waals surface area contributed by atoms with Gasteiger partial charge in [-0.1, -0.05) is 12.1 Å². The maximum absolute atomic E-state index is 11.9. The number of rotatable bonds is 6. The van der Waals surface area contributed by atoms with Gasteiger partial charge in [-0.3, -0.25) is 4.79 Å². The Kier molecular flexibility index (Phi) is 5.41. The van der Waals surface area contributed by atoms with Crippen molar-refractivity contribution in [3.05, 3.63) is 24.3 Å². The van der Waals surface area contributed by atoms with Crippen molar-refractivity contribution in [1.82, 2.24) is 5.32 Å². The summed E-state index contributed by atoms with van der Waals surface area (Å²) in [7, 11) is 1.54. The van der Waals surface area contributed by atoms with Crippen LogP contribution in [0, 0.1) is 5.92 Å². The molecule has 0 spiro atoms. The Hall–Kier alpha value is -1.79. The molecule has 1 aromatic carbocycles. The van der Waals surface area contributed by atoms with Gasteiger partial charge in [0, 0.05) is 18.6 Å². The number of hydrogen-bond donors (Lipinski definition) is 3. The van der Waals surface area contributed by atoms with Gasteiger partial charge in [0.2, 0.25) is 0 Å². The number of benzene rings is 1. The molecule has 21 heavy (non-hydrogen) atoms. The van der Waals surface area contributed by atoms with E-state index < -0.39 is 6.10 Å². The predicted octanol–water partition coefficient (Wildman–Crippen LogP) is 0.322. The van der Waals surface area contributed by atoms with Gasteiger partial charge in [0.25, 0.3) is 5.91 Å². The van der Waals surface area contributed by atoms with Crippen LogP contribution in [0.1, 0.15) is 12.8 Å². The zero-order chi connectivity index (χ0) is 15.2. The molecule has 0 saturated heterocycles. The van der Waals surface area contributed by atoms with Crippen LogP contribution in [0.15, 0.2) is 24.3 Å². The van der Waals surface area contributed by atoms with Gasteiger partial charge in [-0.05, 0) is 25.0 Å².